The largest absolute Gasteiger partial charge is 0.411 e. The third kappa shape index (κ3) is 1.87. The lowest BCUT2D eigenvalue weighted by molar-refractivity contribution is 0.262. The van der Waals surface area contributed by atoms with Crippen molar-refractivity contribution in [1.29, 1.82) is 0 Å². The summed E-state index contributed by atoms with van der Waals surface area (Å²) < 4.78 is 0. The van der Waals surface area contributed by atoms with E-state index >= 15 is 0 Å². The first-order valence-electron chi connectivity index (χ1n) is 5.22. The molecule has 13 heavy (non-hydrogen) atoms. The highest BCUT2D eigenvalue weighted by Gasteiger charge is 2.37. The Balaban J connectivity index is 2.76. The molecule has 0 saturated heterocycles. The summed E-state index contributed by atoms with van der Waals surface area (Å²) in [4.78, 5) is 0. The molecule has 0 amide bonds. The van der Waals surface area contributed by atoms with E-state index in [0.717, 1.165) is 5.71 Å². The second-order valence-corrected chi connectivity index (χ2v) is 4.99. The zero-order valence-electron chi connectivity index (χ0n) is 9.17. The van der Waals surface area contributed by atoms with Crippen LogP contribution in [0.15, 0.2) is 5.16 Å². The second kappa shape index (κ2) is 3.69. The second-order valence-electron chi connectivity index (χ2n) is 4.99. The number of rotatable bonds is 3. The molecule has 1 rings (SSSR count). The molecule has 2 nitrogen and oxygen atoms in total. The monoisotopic (exact) mass is 183 g/mol. The van der Waals surface area contributed by atoms with Crippen LogP contribution in [-0.4, -0.2) is 10.9 Å². The van der Waals surface area contributed by atoms with Gasteiger partial charge in [0, 0.05) is 11.3 Å². The van der Waals surface area contributed by atoms with Gasteiger partial charge in [-0.2, -0.15) is 0 Å². The Morgan fingerprint density at radius 2 is 1.92 bits per heavy atom. The predicted molar refractivity (Wildman–Crippen MR) is 55.2 cm³/mol. The molecule has 0 bridgehead atoms. The van der Waals surface area contributed by atoms with E-state index in [1.165, 1.54) is 19.3 Å². The van der Waals surface area contributed by atoms with E-state index in [0.29, 0.717) is 11.8 Å². The predicted octanol–water partition coefficient (Wildman–Crippen LogP) is 3.30. The van der Waals surface area contributed by atoms with Gasteiger partial charge in [0.1, 0.15) is 0 Å². The SMILES string of the molecule is CC(C)C(C)(C)C(=NO)C1CCC1. The zero-order chi connectivity index (χ0) is 10.1. The maximum Gasteiger partial charge on any atom is 0.0660 e. The van der Waals surface area contributed by atoms with E-state index in [1.54, 1.807) is 0 Å². The highest BCUT2D eigenvalue weighted by Crippen LogP contribution is 2.38. The molecule has 1 aliphatic rings. The normalized spacial score (nSPS) is 20.5. The number of nitrogens with zero attached hydrogens (tertiary/aromatic N) is 1. The molecule has 0 radical (unpaired) electrons. The van der Waals surface area contributed by atoms with Gasteiger partial charge < -0.3 is 5.21 Å². The average molecular weight is 183 g/mol. The molecule has 2 heteroatoms. The molecule has 0 spiro atoms. The van der Waals surface area contributed by atoms with Crippen LogP contribution in [0, 0.1) is 17.3 Å². The summed E-state index contributed by atoms with van der Waals surface area (Å²) in [5.41, 5.74) is 1.05. The van der Waals surface area contributed by atoms with Gasteiger partial charge in [-0.15, -0.1) is 0 Å². The Hall–Kier alpha value is -0.530. The number of hydrogen-bond donors (Lipinski definition) is 1. The van der Waals surface area contributed by atoms with Crippen molar-refractivity contribution in [2.45, 2.75) is 47.0 Å². The van der Waals surface area contributed by atoms with Crippen LogP contribution in [0.2, 0.25) is 0 Å². The summed E-state index contributed by atoms with van der Waals surface area (Å²) in [5, 5.41) is 12.6. The highest BCUT2D eigenvalue weighted by molar-refractivity contribution is 5.92. The van der Waals surface area contributed by atoms with Crippen molar-refractivity contribution < 1.29 is 5.21 Å². The van der Waals surface area contributed by atoms with Gasteiger partial charge in [-0.05, 0) is 18.8 Å². The molecule has 0 aromatic carbocycles. The fourth-order valence-electron chi connectivity index (χ4n) is 1.71. The van der Waals surface area contributed by atoms with Gasteiger partial charge in [-0.3, -0.25) is 0 Å². The summed E-state index contributed by atoms with van der Waals surface area (Å²) in [6.07, 6.45) is 3.70. The molecule has 0 aromatic heterocycles. The van der Waals surface area contributed by atoms with Crippen LogP contribution in [0.3, 0.4) is 0 Å². The smallest absolute Gasteiger partial charge is 0.0660 e. The average Bonchev–Trinajstić information content (AvgIpc) is 1.95. The molecular weight excluding hydrogens is 162 g/mol. The molecule has 1 fully saturated rings. The third-order valence-electron chi connectivity index (χ3n) is 3.70. The standard InChI is InChI=1S/C11H21NO/c1-8(2)11(3,4)10(12-13)9-6-5-7-9/h8-9,13H,5-7H2,1-4H3. The minimum atomic E-state index is 0.0415. The van der Waals surface area contributed by atoms with E-state index < -0.39 is 0 Å². The van der Waals surface area contributed by atoms with Crippen molar-refractivity contribution in [2.75, 3.05) is 0 Å². The molecule has 1 N–H and O–H groups in total. The highest BCUT2D eigenvalue weighted by atomic mass is 16.4. The third-order valence-corrected chi connectivity index (χ3v) is 3.70. The Bertz CT molecular complexity index is 202. The first kappa shape index (κ1) is 10.6. The molecule has 0 atom stereocenters. The Morgan fingerprint density at radius 1 is 1.38 bits per heavy atom. The van der Waals surface area contributed by atoms with Crippen LogP contribution in [0.4, 0.5) is 0 Å². The zero-order valence-corrected chi connectivity index (χ0v) is 9.17. The quantitative estimate of drug-likeness (QED) is 0.406. The maximum absolute atomic E-state index is 9.03. The molecule has 1 aliphatic carbocycles. The van der Waals surface area contributed by atoms with Crippen LogP contribution in [0.25, 0.3) is 0 Å². The molecule has 76 valence electrons. The van der Waals surface area contributed by atoms with Crippen molar-refractivity contribution in [3.63, 3.8) is 0 Å². The van der Waals surface area contributed by atoms with E-state index in [9.17, 15) is 0 Å². The molecule has 0 unspecified atom stereocenters. The Labute approximate surface area is 81.0 Å². The summed E-state index contributed by atoms with van der Waals surface area (Å²) in [5.74, 6) is 1.07. The lowest BCUT2D eigenvalue weighted by atomic mass is 9.67. The molecular formula is C11H21NO. The molecule has 0 aromatic rings. The van der Waals surface area contributed by atoms with Crippen LogP contribution < -0.4 is 0 Å². The van der Waals surface area contributed by atoms with E-state index in [1.807, 2.05) is 0 Å². The van der Waals surface area contributed by atoms with Crippen molar-refractivity contribution in [3.05, 3.63) is 0 Å². The van der Waals surface area contributed by atoms with Gasteiger partial charge in [-0.1, -0.05) is 39.3 Å². The molecule has 0 aliphatic heterocycles. The van der Waals surface area contributed by atoms with Crippen molar-refractivity contribution in [1.82, 2.24) is 0 Å². The Kier molecular flexibility index (Phi) is 2.99. The van der Waals surface area contributed by atoms with Gasteiger partial charge >= 0.3 is 0 Å². The van der Waals surface area contributed by atoms with Crippen LogP contribution >= 0.6 is 0 Å². The minimum Gasteiger partial charge on any atom is -0.411 e. The van der Waals surface area contributed by atoms with E-state index in [-0.39, 0.29) is 5.41 Å². The Morgan fingerprint density at radius 3 is 2.15 bits per heavy atom. The van der Waals surface area contributed by atoms with Gasteiger partial charge in [-0.25, -0.2) is 0 Å². The summed E-state index contributed by atoms with van der Waals surface area (Å²) >= 11 is 0. The van der Waals surface area contributed by atoms with Gasteiger partial charge in [0.25, 0.3) is 0 Å². The topological polar surface area (TPSA) is 32.6 Å². The number of oxime groups is 1. The fourth-order valence-corrected chi connectivity index (χ4v) is 1.71. The van der Waals surface area contributed by atoms with Gasteiger partial charge in [0.15, 0.2) is 0 Å². The minimum absolute atomic E-state index is 0.0415. The van der Waals surface area contributed by atoms with Crippen LogP contribution in [-0.2, 0) is 0 Å². The number of hydrogen-bond acceptors (Lipinski definition) is 2. The van der Waals surface area contributed by atoms with Crippen molar-refractivity contribution in [3.8, 4) is 0 Å². The first-order valence-corrected chi connectivity index (χ1v) is 5.22. The lowest BCUT2D eigenvalue weighted by Gasteiger charge is -2.38. The van der Waals surface area contributed by atoms with Crippen LogP contribution in [0.1, 0.15) is 47.0 Å². The van der Waals surface area contributed by atoms with Gasteiger partial charge in [0.05, 0.1) is 5.71 Å². The van der Waals surface area contributed by atoms with Crippen molar-refractivity contribution >= 4 is 5.71 Å². The summed E-state index contributed by atoms with van der Waals surface area (Å²) in [6.45, 7) is 8.71. The van der Waals surface area contributed by atoms with Gasteiger partial charge in [0.2, 0.25) is 0 Å². The fraction of sp³-hybridized carbons (Fsp3) is 0.909. The van der Waals surface area contributed by atoms with Crippen LogP contribution in [0.5, 0.6) is 0 Å². The first-order chi connectivity index (χ1) is 6.00. The van der Waals surface area contributed by atoms with Crippen molar-refractivity contribution in [2.24, 2.45) is 22.4 Å². The molecule has 0 heterocycles. The maximum atomic E-state index is 9.03. The van der Waals surface area contributed by atoms with E-state index in [2.05, 4.69) is 32.9 Å². The lowest BCUT2D eigenvalue weighted by Crippen LogP contribution is -2.38. The summed E-state index contributed by atoms with van der Waals surface area (Å²) in [6, 6.07) is 0. The summed E-state index contributed by atoms with van der Waals surface area (Å²) in [7, 11) is 0. The van der Waals surface area contributed by atoms with E-state index in [4.69, 9.17) is 5.21 Å². The molecule has 1 saturated carbocycles.